The number of fused-ring (bicyclic) bond motifs is 1. The molecule has 0 N–H and O–H groups in total. The maximum Gasteiger partial charge on any atom is 0.0667 e. The van der Waals surface area contributed by atoms with Crippen molar-refractivity contribution in [1.29, 1.82) is 0 Å². The van der Waals surface area contributed by atoms with Crippen LogP contribution in [0.15, 0.2) is 53.3 Å². The Hall–Kier alpha value is -1.61. The molecule has 0 unspecified atom stereocenters. The molecule has 0 spiro atoms. The van der Waals surface area contributed by atoms with E-state index in [9.17, 15) is 0 Å². The van der Waals surface area contributed by atoms with Crippen molar-refractivity contribution in [3.05, 3.63) is 58.8 Å². The fourth-order valence-electron chi connectivity index (χ4n) is 1.96. The summed E-state index contributed by atoms with van der Waals surface area (Å²) in [7, 11) is 0. The summed E-state index contributed by atoms with van der Waals surface area (Å²) in [5.74, 6) is 0. The largest absolute Gasteiger partial charge is 0.241 e. The molecule has 0 atom stereocenters. The van der Waals surface area contributed by atoms with Crippen molar-refractivity contribution in [2.24, 2.45) is 0 Å². The van der Waals surface area contributed by atoms with E-state index in [0.717, 1.165) is 9.99 Å². The van der Waals surface area contributed by atoms with Crippen molar-refractivity contribution < 1.29 is 0 Å². The van der Waals surface area contributed by atoms with Crippen molar-refractivity contribution in [1.82, 2.24) is 9.61 Å². The SMILES string of the molecule is Cc1cccc(-c2ccn3nccc3c2)c1Br. The van der Waals surface area contributed by atoms with Gasteiger partial charge >= 0.3 is 0 Å². The summed E-state index contributed by atoms with van der Waals surface area (Å²) in [4.78, 5) is 0. The molecule has 0 aliphatic heterocycles. The van der Waals surface area contributed by atoms with Gasteiger partial charge in [-0.3, -0.25) is 0 Å². The van der Waals surface area contributed by atoms with E-state index in [1.165, 1.54) is 16.7 Å². The van der Waals surface area contributed by atoms with Crippen LogP contribution in [0, 0.1) is 6.92 Å². The van der Waals surface area contributed by atoms with E-state index in [-0.39, 0.29) is 0 Å². The zero-order chi connectivity index (χ0) is 11.8. The number of nitrogens with zero attached hydrogens (tertiary/aromatic N) is 2. The Morgan fingerprint density at radius 3 is 2.94 bits per heavy atom. The Kier molecular flexibility index (Phi) is 2.48. The molecule has 3 aromatic rings. The Morgan fingerprint density at radius 2 is 2.06 bits per heavy atom. The lowest BCUT2D eigenvalue weighted by atomic mass is 10.0. The Morgan fingerprint density at radius 1 is 1.18 bits per heavy atom. The Balaban J connectivity index is 2.23. The second kappa shape index (κ2) is 4.00. The summed E-state index contributed by atoms with van der Waals surface area (Å²) in [5.41, 5.74) is 4.77. The van der Waals surface area contributed by atoms with E-state index >= 15 is 0 Å². The lowest BCUT2D eigenvalue weighted by Gasteiger charge is -2.07. The van der Waals surface area contributed by atoms with Crippen LogP contribution in [0.1, 0.15) is 5.56 Å². The number of halogens is 1. The number of hydrogen-bond donors (Lipinski definition) is 0. The van der Waals surface area contributed by atoms with E-state index in [0.29, 0.717) is 0 Å². The molecule has 0 aliphatic rings. The monoisotopic (exact) mass is 286 g/mol. The third kappa shape index (κ3) is 1.76. The molecule has 0 saturated carbocycles. The van der Waals surface area contributed by atoms with E-state index in [1.54, 1.807) is 0 Å². The van der Waals surface area contributed by atoms with Crippen molar-refractivity contribution in [2.45, 2.75) is 6.92 Å². The fraction of sp³-hybridized carbons (Fsp3) is 0.0714. The highest BCUT2D eigenvalue weighted by molar-refractivity contribution is 9.10. The third-order valence-electron chi connectivity index (χ3n) is 2.90. The van der Waals surface area contributed by atoms with Gasteiger partial charge in [0.05, 0.1) is 5.52 Å². The minimum atomic E-state index is 1.11. The van der Waals surface area contributed by atoms with Crippen molar-refractivity contribution >= 4 is 21.4 Å². The molecule has 0 saturated heterocycles. The molecule has 0 aliphatic carbocycles. The highest BCUT2D eigenvalue weighted by Crippen LogP contribution is 2.31. The van der Waals surface area contributed by atoms with Crippen LogP contribution in [-0.4, -0.2) is 9.61 Å². The average molecular weight is 287 g/mol. The highest BCUT2D eigenvalue weighted by Gasteiger charge is 2.05. The summed E-state index contributed by atoms with van der Waals surface area (Å²) in [6.07, 6.45) is 3.80. The second-order valence-electron chi connectivity index (χ2n) is 4.05. The summed E-state index contributed by atoms with van der Waals surface area (Å²) in [5, 5.41) is 4.20. The van der Waals surface area contributed by atoms with Gasteiger partial charge in [0.25, 0.3) is 0 Å². The Bertz CT molecular complexity index is 686. The van der Waals surface area contributed by atoms with Crippen molar-refractivity contribution in [2.75, 3.05) is 0 Å². The fourth-order valence-corrected chi connectivity index (χ4v) is 2.45. The van der Waals surface area contributed by atoms with Gasteiger partial charge in [0.2, 0.25) is 0 Å². The summed E-state index contributed by atoms with van der Waals surface area (Å²) < 4.78 is 3.02. The topological polar surface area (TPSA) is 17.3 Å². The highest BCUT2D eigenvalue weighted by atomic mass is 79.9. The van der Waals surface area contributed by atoms with Gasteiger partial charge in [-0.1, -0.05) is 18.2 Å². The Labute approximate surface area is 108 Å². The number of aromatic nitrogens is 2. The number of hydrogen-bond acceptors (Lipinski definition) is 1. The normalized spacial score (nSPS) is 10.9. The van der Waals surface area contributed by atoms with Gasteiger partial charge in [-0.15, -0.1) is 0 Å². The van der Waals surface area contributed by atoms with Crippen LogP contribution >= 0.6 is 15.9 Å². The molecule has 0 fully saturated rings. The smallest absolute Gasteiger partial charge is 0.0667 e. The zero-order valence-corrected chi connectivity index (χ0v) is 11.0. The molecule has 1 aromatic carbocycles. The minimum Gasteiger partial charge on any atom is -0.241 e. The summed E-state index contributed by atoms with van der Waals surface area (Å²) in [6.45, 7) is 2.10. The lowest BCUT2D eigenvalue weighted by molar-refractivity contribution is 0.962. The van der Waals surface area contributed by atoms with Crippen LogP contribution < -0.4 is 0 Å². The molecule has 17 heavy (non-hydrogen) atoms. The standard InChI is InChI=1S/C14H11BrN2/c1-10-3-2-4-13(14(10)15)11-6-8-17-12(9-11)5-7-16-17/h2-9H,1H3. The van der Waals surface area contributed by atoms with Gasteiger partial charge in [-0.25, -0.2) is 4.52 Å². The van der Waals surface area contributed by atoms with Crippen LogP contribution in [0.3, 0.4) is 0 Å². The summed E-state index contributed by atoms with van der Waals surface area (Å²) >= 11 is 3.65. The molecule has 0 radical (unpaired) electrons. The first-order chi connectivity index (χ1) is 8.25. The van der Waals surface area contributed by atoms with E-state index in [2.05, 4.69) is 58.3 Å². The molecule has 2 aromatic heterocycles. The molecule has 0 bridgehead atoms. The van der Waals surface area contributed by atoms with E-state index in [1.807, 2.05) is 23.0 Å². The van der Waals surface area contributed by atoms with Crippen LogP contribution in [-0.2, 0) is 0 Å². The third-order valence-corrected chi connectivity index (χ3v) is 3.95. The number of aryl methyl sites for hydroxylation is 1. The molecular weight excluding hydrogens is 276 g/mol. The van der Waals surface area contributed by atoms with Gasteiger partial charge in [0.15, 0.2) is 0 Å². The average Bonchev–Trinajstić information content (AvgIpc) is 2.79. The van der Waals surface area contributed by atoms with Crippen LogP contribution in [0.5, 0.6) is 0 Å². The zero-order valence-electron chi connectivity index (χ0n) is 9.39. The van der Waals surface area contributed by atoms with Crippen LogP contribution in [0.4, 0.5) is 0 Å². The molecule has 2 heterocycles. The first-order valence-corrected chi connectivity index (χ1v) is 6.24. The lowest BCUT2D eigenvalue weighted by Crippen LogP contribution is -1.88. The van der Waals surface area contributed by atoms with Gasteiger partial charge in [0.1, 0.15) is 0 Å². The van der Waals surface area contributed by atoms with E-state index < -0.39 is 0 Å². The van der Waals surface area contributed by atoms with Crippen molar-refractivity contribution in [3.63, 3.8) is 0 Å². The molecule has 84 valence electrons. The maximum atomic E-state index is 4.20. The summed E-state index contributed by atoms with van der Waals surface area (Å²) in [6, 6.07) is 12.5. The molecule has 3 rings (SSSR count). The number of benzene rings is 1. The van der Waals surface area contributed by atoms with Gasteiger partial charge in [-0.2, -0.15) is 5.10 Å². The second-order valence-corrected chi connectivity index (χ2v) is 4.85. The van der Waals surface area contributed by atoms with E-state index in [4.69, 9.17) is 0 Å². The predicted molar refractivity (Wildman–Crippen MR) is 73.1 cm³/mol. The van der Waals surface area contributed by atoms with Gasteiger partial charge in [-0.05, 0) is 57.7 Å². The van der Waals surface area contributed by atoms with Crippen molar-refractivity contribution in [3.8, 4) is 11.1 Å². The van der Waals surface area contributed by atoms with Gasteiger partial charge in [0, 0.05) is 16.9 Å². The molecule has 3 heteroatoms. The predicted octanol–water partition coefficient (Wildman–Crippen LogP) is 4.07. The maximum absolute atomic E-state index is 4.20. The minimum absolute atomic E-state index is 1.11. The first-order valence-electron chi connectivity index (χ1n) is 5.44. The quantitative estimate of drug-likeness (QED) is 0.659. The van der Waals surface area contributed by atoms with Gasteiger partial charge < -0.3 is 0 Å². The molecule has 0 amide bonds. The number of pyridine rings is 1. The number of rotatable bonds is 1. The first kappa shape index (κ1) is 10.5. The molecular formula is C14H11BrN2. The molecule has 2 nitrogen and oxygen atoms in total. The van der Waals surface area contributed by atoms with Crippen LogP contribution in [0.25, 0.3) is 16.6 Å². The van der Waals surface area contributed by atoms with Crippen LogP contribution in [0.2, 0.25) is 0 Å².